The summed E-state index contributed by atoms with van der Waals surface area (Å²) in [5.74, 6) is -1.15. The molecule has 1 fully saturated rings. The minimum Gasteiger partial charge on any atom is -0.478 e. The average Bonchev–Trinajstić information content (AvgIpc) is 2.69. The van der Waals surface area contributed by atoms with Crippen molar-refractivity contribution in [1.82, 2.24) is 4.31 Å². The Morgan fingerprint density at radius 3 is 2.44 bits per heavy atom. The molecule has 1 heterocycles. The molecule has 3 rings (SSSR count). The van der Waals surface area contributed by atoms with Crippen molar-refractivity contribution < 1.29 is 23.1 Å². The minimum absolute atomic E-state index is 0.0221. The molecule has 0 saturated carbocycles. The van der Waals surface area contributed by atoms with E-state index >= 15 is 0 Å². The van der Waals surface area contributed by atoms with E-state index in [1.807, 2.05) is 35.2 Å². The lowest BCUT2D eigenvalue weighted by atomic mass is 10.1. The minimum atomic E-state index is -3.81. The highest BCUT2D eigenvalue weighted by Crippen LogP contribution is 2.27. The second-order valence-corrected chi connectivity index (χ2v) is 8.38. The maximum Gasteiger partial charge on any atom is 0.337 e. The zero-order valence-electron chi connectivity index (χ0n) is 15.0. The number of carboxylic acids is 1. The van der Waals surface area contributed by atoms with Crippen LogP contribution in [0, 0.1) is 0 Å². The highest BCUT2D eigenvalue weighted by atomic mass is 32.2. The summed E-state index contributed by atoms with van der Waals surface area (Å²) in [6.45, 7) is 2.37. The zero-order valence-corrected chi connectivity index (χ0v) is 15.9. The molecule has 0 spiro atoms. The quantitative estimate of drug-likeness (QED) is 0.812. The Balaban J connectivity index is 1.91. The molecule has 8 heteroatoms. The summed E-state index contributed by atoms with van der Waals surface area (Å²) in [6, 6.07) is 13.5. The summed E-state index contributed by atoms with van der Waals surface area (Å²) in [5.41, 5.74) is 1.34. The number of sulfonamides is 1. The molecule has 2 aromatic carbocycles. The zero-order chi connectivity index (χ0) is 19.4. The van der Waals surface area contributed by atoms with Gasteiger partial charge in [0, 0.05) is 26.7 Å². The normalized spacial score (nSPS) is 15.1. The lowest BCUT2D eigenvalue weighted by Crippen LogP contribution is -2.37. The van der Waals surface area contributed by atoms with Crippen LogP contribution in [0.2, 0.25) is 0 Å². The number of rotatable bonds is 6. The van der Waals surface area contributed by atoms with E-state index in [1.165, 1.54) is 23.5 Å². The molecule has 0 aromatic heterocycles. The maximum atomic E-state index is 12.9. The molecule has 0 radical (unpaired) electrons. The Morgan fingerprint density at radius 1 is 1.15 bits per heavy atom. The Kier molecular flexibility index (Phi) is 5.79. The van der Waals surface area contributed by atoms with Gasteiger partial charge in [-0.05, 0) is 23.8 Å². The molecule has 1 saturated heterocycles. The molecule has 2 aromatic rings. The van der Waals surface area contributed by atoms with E-state index in [2.05, 4.69) is 0 Å². The summed E-state index contributed by atoms with van der Waals surface area (Å²) >= 11 is 0. The number of nitrogens with zero attached hydrogens (tertiary/aromatic N) is 2. The first-order valence-corrected chi connectivity index (χ1v) is 10.0. The summed E-state index contributed by atoms with van der Waals surface area (Å²) in [7, 11) is -2.33. The molecule has 0 bridgehead atoms. The van der Waals surface area contributed by atoms with Crippen molar-refractivity contribution >= 4 is 21.7 Å². The number of carboxylic acid groups (broad SMARTS) is 1. The van der Waals surface area contributed by atoms with Gasteiger partial charge in [-0.3, -0.25) is 0 Å². The first kappa shape index (κ1) is 19.3. The summed E-state index contributed by atoms with van der Waals surface area (Å²) in [6.07, 6.45) is 0. The predicted molar refractivity (Wildman–Crippen MR) is 102 cm³/mol. The third kappa shape index (κ3) is 4.29. The number of anilines is 1. The van der Waals surface area contributed by atoms with Crippen LogP contribution in [0.25, 0.3) is 0 Å². The van der Waals surface area contributed by atoms with Crippen LogP contribution in [-0.4, -0.2) is 57.1 Å². The van der Waals surface area contributed by atoms with Crippen molar-refractivity contribution in [2.75, 3.05) is 38.3 Å². The van der Waals surface area contributed by atoms with Crippen LogP contribution in [-0.2, 0) is 21.3 Å². The number of carbonyl (C=O) groups is 1. The van der Waals surface area contributed by atoms with E-state index in [0.717, 1.165) is 5.56 Å². The first-order valence-electron chi connectivity index (χ1n) is 8.60. The number of ether oxygens (including phenoxy) is 1. The molecular weight excluding hydrogens is 368 g/mol. The van der Waals surface area contributed by atoms with Gasteiger partial charge in [-0.25, -0.2) is 13.2 Å². The fourth-order valence-electron chi connectivity index (χ4n) is 3.03. The molecule has 144 valence electrons. The van der Waals surface area contributed by atoms with Crippen LogP contribution in [0.5, 0.6) is 0 Å². The van der Waals surface area contributed by atoms with E-state index in [9.17, 15) is 18.3 Å². The van der Waals surface area contributed by atoms with Gasteiger partial charge in [-0.15, -0.1) is 0 Å². The van der Waals surface area contributed by atoms with Crippen molar-refractivity contribution in [1.29, 1.82) is 0 Å². The van der Waals surface area contributed by atoms with E-state index < -0.39 is 16.0 Å². The lowest BCUT2D eigenvalue weighted by molar-refractivity contribution is 0.0696. The third-order valence-electron chi connectivity index (χ3n) is 4.51. The molecule has 0 atom stereocenters. The lowest BCUT2D eigenvalue weighted by Gasteiger charge is -2.30. The fraction of sp³-hybridized carbons (Fsp3) is 0.316. The van der Waals surface area contributed by atoms with Crippen molar-refractivity contribution in [2.45, 2.75) is 11.4 Å². The number of hydrogen-bond acceptors (Lipinski definition) is 5. The summed E-state index contributed by atoms with van der Waals surface area (Å²) in [5, 5.41) is 9.59. The van der Waals surface area contributed by atoms with E-state index in [1.54, 1.807) is 6.07 Å². The molecule has 0 amide bonds. The fourth-order valence-corrected chi connectivity index (χ4v) is 4.22. The van der Waals surface area contributed by atoms with Crippen molar-refractivity contribution in [2.24, 2.45) is 0 Å². The van der Waals surface area contributed by atoms with Crippen LogP contribution in [0.15, 0.2) is 53.4 Å². The van der Waals surface area contributed by atoms with Crippen molar-refractivity contribution in [3.05, 3.63) is 59.7 Å². The second kappa shape index (κ2) is 8.08. The van der Waals surface area contributed by atoms with Gasteiger partial charge in [-0.2, -0.15) is 4.31 Å². The van der Waals surface area contributed by atoms with Crippen LogP contribution in [0.4, 0.5) is 5.69 Å². The van der Waals surface area contributed by atoms with E-state index in [-0.39, 0.29) is 17.0 Å². The highest BCUT2D eigenvalue weighted by Gasteiger charge is 2.25. The van der Waals surface area contributed by atoms with Gasteiger partial charge in [0.2, 0.25) is 10.0 Å². The standard InChI is InChI=1S/C19H22N2O5S/c1-20(14-15-5-3-2-4-6-15)27(24,25)16-7-8-18(17(13-16)19(22)23)21-9-11-26-12-10-21/h2-8,13H,9-12,14H2,1H3,(H,22,23). The Hall–Kier alpha value is -2.42. The molecule has 1 aliphatic rings. The topological polar surface area (TPSA) is 87.2 Å². The van der Waals surface area contributed by atoms with Gasteiger partial charge in [0.05, 0.1) is 29.4 Å². The van der Waals surface area contributed by atoms with Gasteiger partial charge < -0.3 is 14.7 Å². The van der Waals surface area contributed by atoms with Crippen LogP contribution in [0.3, 0.4) is 0 Å². The average molecular weight is 390 g/mol. The second-order valence-electron chi connectivity index (χ2n) is 6.33. The monoisotopic (exact) mass is 390 g/mol. The van der Waals surface area contributed by atoms with Crippen molar-refractivity contribution in [3.63, 3.8) is 0 Å². The van der Waals surface area contributed by atoms with Crippen LogP contribution >= 0.6 is 0 Å². The van der Waals surface area contributed by atoms with Gasteiger partial charge in [-0.1, -0.05) is 30.3 Å². The predicted octanol–water partition coefficient (Wildman–Crippen LogP) is 2.04. The number of hydrogen-bond donors (Lipinski definition) is 1. The molecule has 0 unspecified atom stereocenters. The summed E-state index contributed by atoms with van der Waals surface area (Å²) in [4.78, 5) is 13.6. The Bertz CT molecular complexity index is 909. The molecule has 1 N–H and O–H groups in total. The third-order valence-corrected chi connectivity index (χ3v) is 6.31. The largest absolute Gasteiger partial charge is 0.478 e. The summed E-state index contributed by atoms with van der Waals surface area (Å²) < 4.78 is 32.3. The number of aromatic carboxylic acids is 1. The SMILES string of the molecule is CN(Cc1ccccc1)S(=O)(=O)c1ccc(N2CCOCC2)c(C(=O)O)c1. The molecule has 7 nitrogen and oxygen atoms in total. The molecule has 0 aliphatic carbocycles. The van der Waals surface area contributed by atoms with Gasteiger partial charge in [0.25, 0.3) is 0 Å². The number of morpholine rings is 1. The van der Waals surface area contributed by atoms with Crippen LogP contribution in [0.1, 0.15) is 15.9 Å². The van der Waals surface area contributed by atoms with Gasteiger partial charge in [0.15, 0.2) is 0 Å². The Labute approximate surface area is 158 Å². The number of benzene rings is 2. The van der Waals surface area contributed by atoms with Gasteiger partial charge >= 0.3 is 5.97 Å². The highest BCUT2D eigenvalue weighted by molar-refractivity contribution is 7.89. The molecular formula is C19H22N2O5S. The Morgan fingerprint density at radius 2 is 1.81 bits per heavy atom. The van der Waals surface area contributed by atoms with Gasteiger partial charge in [0.1, 0.15) is 0 Å². The van der Waals surface area contributed by atoms with Crippen molar-refractivity contribution in [3.8, 4) is 0 Å². The maximum absolute atomic E-state index is 12.9. The van der Waals surface area contributed by atoms with E-state index in [4.69, 9.17) is 4.74 Å². The van der Waals surface area contributed by atoms with Crippen LogP contribution < -0.4 is 4.90 Å². The molecule has 1 aliphatic heterocycles. The smallest absolute Gasteiger partial charge is 0.337 e. The molecule has 27 heavy (non-hydrogen) atoms. The first-order chi connectivity index (χ1) is 12.9. The van der Waals surface area contributed by atoms with E-state index in [0.29, 0.717) is 32.0 Å².